The van der Waals surface area contributed by atoms with Crippen LogP contribution in [0.5, 0.6) is 5.75 Å². The molecule has 0 aliphatic heterocycles. The normalized spacial score (nSPS) is 12.0. The number of benzene rings is 1. The molecular weight excluding hydrogens is 272 g/mol. The van der Waals surface area contributed by atoms with E-state index in [2.05, 4.69) is 20.8 Å². The molecule has 0 bridgehead atoms. The van der Waals surface area contributed by atoms with Crippen LogP contribution in [0.25, 0.3) is 0 Å². The molecule has 0 saturated heterocycles. The van der Waals surface area contributed by atoms with Crippen LogP contribution < -0.4 is 15.4 Å². The number of aromatic nitrogens is 2. The number of amides is 1. The molecule has 1 unspecified atom stereocenters. The molecule has 0 radical (unpaired) electrons. The van der Waals surface area contributed by atoms with Crippen molar-refractivity contribution in [3.63, 3.8) is 0 Å². The van der Waals surface area contributed by atoms with Gasteiger partial charge in [-0.25, -0.2) is 0 Å². The number of hydrogen-bond acceptors (Lipinski definition) is 6. The topological polar surface area (TPSA) is 89.3 Å². The van der Waals surface area contributed by atoms with Crippen molar-refractivity contribution in [2.75, 3.05) is 19.5 Å². The summed E-state index contributed by atoms with van der Waals surface area (Å²) in [6, 6.07) is 7.18. The number of carbonyl (C=O) groups excluding carboxylic acids is 1. The number of methoxy groups -OCH3 is 1. The second-order valence-electron chi connectivity index (χ2n) is 4.59. The summed E-state index contributed by atoms with van der Waals surface area (Å²) >= 11 is 0. The molecule has 2 aromatic rings. The fourth-order valence-corrected chi connectivity index (χ4v) is 1.66. The van der Waals surface area contributed by atoms with Crippen LogP contribution in [0.3, 0.4) is 0 Å². The zero-order valence-corrected chi connectivity index (χ0v) is 12.2. The van der Waals surface area contributed by atoms with Gasteiger partial charge in [-0.1, -0.05) is 5.16 Å². The molecule has 1 aromatic heterocycles. The summed E-state index contributed by atoms with van der Waals surface area (Å²) in [6.07, 6.45) is 0.593. The van der Waals surface area contributed by atoms with Crippen molar-refractivity contribution in [3.05, 3.63) is 36.0 Å². The van der Waals surface area contributed by atoms with Crippen molar-refractivity contribution in [1.29, 1.82) is 0 Å². The van der Waals surface area contributed by atoms with E-state index in [9.17, 15) is 4.79 Å². The van der Waals surface area contributed by atoms with Crippen molar-refractivity contribution >= 4 is 11.6 Å². The number of ether oxygens (including phenoxy) is 1. The molecule has 112 valence electrons. The van der Waals surface area contributed by atoms with Gasteiger partial charge in [0.25, 0.3) is 0 Å². The summed E-state index contributed by atoms with van der Waals surface area (Å²) in [5, 5.41) is 9.54. The number of carbonyl (C=O) groups is 1. The molecule has 0 saturated carbocycles. The number of anilines is 1. The maximum Gasteiger partial charge on any atom is 0.316 e. The Kier molecular flexibility index (Phi) is 4.89. The Morgan fingerprint density at radius 1 is 1.38 bits per heavy atom. The maximum absolute atomic E-state index is 12.0. The van der Waals surface area contributed by atoms with Crippen LogP contribution in [0.4, 0.5) is 5.69 Å². The summed E-state index contributed by atoms with van der Waals surface area (Å²) in [4.78, 5) is 16.1. The van der Waals surface area contributed by atoms with Crippen molar-refractivity contribution in [2.24, 2.45) is 0 Å². The second-order valence-corrected chi connectivity index (χ2v) is 4.59. The molecule has 0 spiro atoms. The third kappa shape index (κ3) is 4.03. The first-order valence-corrected chi connectivity index (χ1v) is 6.57. The Bertz CT molecular complexity index is 595. The lowest BCUT2D eigenvalue weighted by atomic mass is 10.2. The quantitative estimate of drug-likeness (QED) is 0.837. The summed E-state index contributed by atoms with van der Waals surface area (Å²) < 4.78 is 10.0. The van der Waals surface area contributed by atoms with Crippen LogP contribution >= 0.6 is 0 Å². The summed E-state index contributed by atoms with van der Waals surface area (Å²) in [5.74, 6) is 0.728. The molecule has 2 rings (SSSR count). The second kappa shape index (κ2) is 6.85. The number of likely N-dealkylation sites (N-methyl/N-ethyl adjacent to an activating group) is 1. The predicted octanol–water partition coefficient (Wildman–Crippen LogP) is 1.48. The first-order chi connectivity index (χ1) is 10.1. The highest BCUT2D eigenvalue weighted by Gasteiger charge is 2.16. The van der Waals surface area contributed by atoms with Crippen LogP contribution in [0.1, 0.15) is 23.4 Å². The van der Waals surface area contributed by atoms with Gasteiger partial charge in [0.15, 0.2) is 5.82 Å². The first-order valence-electron chi connectivity index (χ1n) is 6.57. The van der Waals surface area contributed by atoms with E-state index >= 15 is 0 Å². The lowest BCUT2D eigenvalue weighted by Gasteiger charge is -2.05. The van der Waals surface area contributed by atoms with E-state index in [0.29, 0.717) is 23.7 Å². The van der Waals surface area contributed by atoms with Crippen LogP contribution in [0, 0.1) is 0 Å². The standard InChI is InChI=1S/C14H18N4O3/c1-9(15-2)8-12-17-14(21-18-12)13(19)16-10-4-6-11(20-3)7-5-10/h4-7,9,15H,8H2,1-3H3,(H,16,19). The fourth-order valence-electron chi connectivity index (χ4n) is 1.66. The van der Waals surface area contributed by atoms with Crippen LogP contribution in [0.2, 0.25) is 0 Å². The Morgan fingerprint density at radius 3 is 2.71 bits per heavy atom. The summed E-state index contributed by atoms with van der Waals surface area (Å²) in [7, 11) is 3.43. The molecule has 2 N–H and O–H groups in total. The van der Waals surface area contributed by atoms with E-state index < -0.39 is 5.91 Å². The lowest BCUT2D eigenvalue weighted by Crippen LogP contribution is -2.24. The largest absolute Gasteiger partial charge is 0.497 e. The minimum absolute atomic E-state index is 0.0517. The molecule has 1 aromatic carbocycles. The Balaban J connectivity index is 1.99. The first kappa shape index (κ1) is 15.0. The minimum atomic E-state index is -0.434. The van der Waals surface area contributed by atoms with Gasteiger partial charge in [-0.2, -0.15) is 4.98 Å². The molecular formula is C14H18N4O3. The maximum atomic E-state index is 12.0. The highest BCUT2D eigenvalue weighted by molar-refractivity contribution is 6.00. The third-order valence-electron chi connectivity index (χ3n) is 2.99. The van der Waals surface area contributed by atoms with Gasteiger partial charge in [-0.3, -0.25) is 4.79 Å². The van der Waals surface area contributed by atoms with Gasteiger partial charge in [0, 0.05) is 18.2 Å². The van der Waals surface area contributed by atoms with E-state index in [4.69, 9.17) is 9.26 Å². The Morgan fingerprint density at radius 2 is 2.10 bits per heavy atom. The Labute approximate surface area is 122 Å². The van der Waals surface area contributed by atoms with Gasteiger partial charge in [0.2, 0.25) is 0 Å². The third-order valence-corrected chi connectivity index (χ3v) is 2.99. The molecule has 1 amide bonds. The number of nitrogens with one attached hydrogen (secondary N) is 2. The van der Waals surface area contributed by atoms with Crippen molar-refractivity contribution in [2.45, 2.75) is 19.4 Å². The monoisotopic (exact) mass is 290 g/mol. The highest BCUT2D eigenvalue weighted by atomic mass is 16.5. The molecule has 0 fully saturated rings. The SMILES string of the molecule is CNC(C)Cc1noc(C(=O)Nc2ccc(OC)cc2)n1. The fraction of sp³-hybridized carbons (Fsp3) is 0.357. The van der Waals surface area contributed by atoms with Gasteiger partial charge in [-0.05, 0) is 38.2 Å². The van der Waals surface area contributed by atoms with Crippen LogP contribution in [-0.4, -0.2) is 36.2 Å². The van der Waals surface area contributed by atoms with Crippen molar-refractivity contribution in [3.8, 4) is 5.75 Å². The van der Waals surface area contributed by atoms with E-state index in [-0.39, 0.29) is 11.9 Å². The molecule has 0 aliphatic carbocycles. The van der Waals surface area contributed by atoms with Gasteiger partial charge in [0.05, 0.1) is 7.11 Å². The summed E-state index contributed by atoms with van der Waals surface area (Å²) in [5.41, 5.74) is 0.629. The molecule has 1 heterocycles. The molecule has 21 heavy (non-hydrogen) atoms. The molecule has 7 heteroatoms. The van der Waals surface area contributed by atoms with Crippen LogP contribution in [-0.2, 0) is 6.42 Å². The average Bonchev–Trinajstić information content (AvgIpc) is 2.96. The van der Waals surface area contributed by atoms with Crippen LogP contribution in [0.15, 0.2) is 28.8 Å². The van der Waals surface area contributed by atoms with Crippen molar-refractivity contribution in [1.82, 2.24) is 15.5 Å². The smallest absolute Gasteiger partial charge is 0.316 e. The van der Waals surface area contributed by atoms with Gasteiger partial charge in [-0.15, -0.1) is 0 Å². The van der Waals surface area contributed by atoms with E-state index in [1.165, 1.54) is 0 Å². The van der Waals surface area contributed by atoms with E-state index in [1.54, 1.807) is 31.4 Å². The molecule has 0 aliphatic rings. The molecule has 7 nitrogen and oxygen atoms in total. The van der Waals surface area contributed by atoms with Crippen molar-refractivity contribution < 1.29 is 14.1 Å². The van der Waals surface area contributed by atoms with E-state index in [0.717, 1.165) is 0 Å². The lowest BCUT2D eigenvalue weighted by molar-refractivity contribution is 0.0981. The highest BCUT2D eigenvalue weighted by Crippen LogP contribution is 2.15. The number of rotatable bonds is 6. The Hall–Kier alpha value is -2.41. The van der Waals surface area contributed by atoms with Gasteiger partial charge >= 0.3 is 11.8 Å². The van der Waals surface area contributed by atoms with Gasteiger partial charge < -0.3 is 19.9 Å². The number of hydrogen-bond donors (Lipinski definition) is 2. The molecule has 1 atom stereocenters. The summed E-state index contributed by atoms with van der Waals surface area (Å²) in [6.45, 7) is 1.99. The van der Waals surface area contributed by atoms with E-state index in [1.807, 2.05) is 14.0 Å². The zero-order chi connectivity index (χ0) is 15.2. The zero-order valence-electron chi connectivity index (χ0n) is 12.2. The average molecular weight is 290 g/mol. The predicted molar refractivity (Wildman–Crippen MR) is 77.5 cm³/mol. The number of nitrogens with zero attached hydrogens (tertiary/aromatic N) is 2. The minimum Gasteiger partial charge on any atom is -0.497 e. The van der Waals surface area contributed by atoms with Gasteiger partial charge in [0.1, 0.15) is 5.75 Å².